The molecule has 0 radical (unpaired) electrons. The number of likely N-dealkylation sites (N-methyl/N-ethyl adjacent to an activating group) is 1. The fraction of sp³-hybridized carbons (Fsp3) is 0.889. The van der Waals surface area contributed by atoms with Crippen LogP contribution in [0.3, 0.4) is 0 Å². The Balaban J connectivity index is 2.39. The van der Waals surface area contributed by atoms with Crippen LogP contribution < -0.4 is 5.32 Å². The number of aliphatic hydroxyl groups is 1. The van der Waals surface area contributed by atoms with Gasteiger partial charge in [-0.05, 0) is 14.1 Å². The molecule has 2 N–H and O–H groups in total. The van der Waals surface area contributed by atoms with Gasteiger partial charge in [-0.1, -0.05) is 0 Å². The highest BCUT2D eigenvalue weighted by molar-refractivity contribution is 5.72. The maximum Gasteiger partial charge on any atom is 0.216 e. The van der Waals surface area contributed by atoms with E-state index in [0.717, 1.165) is 0 Å². The van der Waals surface area contributed by atoms with Crippen LogP contribution in [0.1, 0.15) is 6.92 Å². The Hall–Kier alpha value is -0.650. The number of amides is 1. The van der Waals surface area contributed by atoms with Gasteiger partial charge in [-0.25, -0.2) is 0 Å². The van der Waals surface area contributed by atoms with Crippen molar-refractivity contribution in [1.82, 2.24) is 10.2 Å². The topological polar surface area (TPSA) is 61.8 Å². The van der Waals surface area contributed by atoms with E-state index >= 15 is 0 Å². The molecule has 0 bridgehead atoms. The summed E-state index contributed by atoms with van der Waals surface area (Å²) in [6.45, 7) is 2.34. The van der Waals surface area contributed by atoms with E-state index in [2.05, 4.69) is 5.32 Å². The van der Waals surface area contributed by atoms with Crippen molar-refractivity contribution in [3.63, 3.8) is 0 Å². The number of carbonyl (C=O) groups excluding carboxylic acids is 1. The predicted molar refractivity (Wildman–Crippen MR) is 51.9 cm³/mol. The summed E-state index contributed by atoms with van der Waals surface area (Å²) in [5.41, 5.74) is 0. The van der Waals surface area contributed by atoms with Crippen LogP contribution in [0.25, 0.3) is 0 Å². The van der Waals surface area contributed by atoms with Gasteiger partial charge in [0.2, 0.25) is 5.91 Å². The molecule has 0 spiro atoms. The van der Waals surface area contributed by atoms with Gasteiger partial charge in [0, 0.05) is 13.5 Å². The Kier molecular flexibility index (Phi) is 3.86. The standard InChI is InChI=1S/C9H18N2O3/c1-6(12)10-4-8-9(13)7(5-14-8)11(2)3/h7-9,13H,4-5H2,1-3H3,(H,10,12)/t7-,8-,9+/m1/s1. The number of hydrogen-bond acceptors (Lipinski definition) is 4. The second kappa shape index (κ2) is 4.72. The molecule has 5 heteroatoms. The zero-order valence-corrected chi connectivity index (χ0v) is 8.86. The SMILES string of the molecule is CC(=O)NC[C@H]1OC[C@@H](N(C)C)[C@@H]1O. The maximum absolute atomic E-state index is 10.7. The van der Waals surface area contributed by atoms with Gasteiger partial charge < -0.3 is 20.1 Å². The van der Waals surface area contributed by atoms with E-state index in [1.165, 1.54) is 6.92 Å². The largest absolute Gasteiger partial charge is 0.389 e. The summed E-state index contributed by atoms with van der Waals surface area (Å²) in [4.78, 5) is 12.6. The second-order valence-corrected chi connectivity index (χ2v) is 3.83. The van der Waals surface area contributed by atoms with Crippen LogP contribution in [0.5, 0.6) is 0 Å². The molecule has 1 amide bonds. The summed E-state index contributed by atoms with van der Waals surface area (Å²) >= 11 is 0. The minimum absolute atomic E-state index is 0.0220. The monoisotopic (exact) mass is 202 g/mol. The minimum Gasteiger partial charge on any atom is -0.389 e. The summed E-state index contributed by atoms with van der Waals surface area (Å²) in [5.74, 6) is -0.103. The second-order valence-electron chi connectivity index (χ2n) is 3.83. The highest BCUT2D eigenvalue weighted by atomic mass is 16.5. The number of nitrogens with one attached hydrogen (secondary N) is 1. The van der Waals surface area contributed by atoms with Crippen molar-refractivity contribution >= 4 is 5.91 Å². The molecule has 0 unspecified atom stereocenters. The molecule has 1 aliphatic rings. The molecule has 0 aromatic rings. The normalized spacial score (nSPS) is 32.2. The lowest BCUT2D eigenvalue weighted by atomic mass is 10.1. The summed E-state index contributed by atoms with van der Waals surface area (Å²) in [5, 5.41) is 12.4. The number of ether oxygens (including phenoxy) is 1. The Labute approximate surface area is 84.0 Å². The van der Waals surface area contributed by atoms with E-state index in [1.54, 1.807) is 0 Å². The van der Waals surface area contributed by atoms with E-state index in [4.69, 9.17) is 4.74 Å². The van der Waals surface area contributed by atoms with Gasteiger partial charge in [-0.3, -0.25) is 4.79 Å². The van der Waals surface area contributed by atoms with Crippen LogP contribution in [-0.2, 0) is 9.53 Å². The average Bonchev–Trinajstić information content (AvgIpc) is 2.43. The molecule has 1 aliphatic heterocycles. The van der Waals surface area contributed by atoms with Crippen LogP contribution in [0.4, 0.5) is 0 Å². The van der Waals surface area contributed by atoms with Crippen molar-refractivity contribution < 1.29 is 14.6 Å². The third-order valence-electron chi connectivity index (χ3n) is 2.47. The molecule has 1 saturated heterocycles. The van der Waals surface area contributed by atoms with Crippen LogP contribution in [0.15, 0.2) is 0 Å². The molecule has 1 heterocycles. The number of aliphatic hydroxyl groups excluding tert-OH is 1. The zero-order valence-electron chi connectivity index (χ0n) is 8.86. The molecule has 5 nitrogen and oxygen atoms in total. The lowest BCUT2D eigenvalue weighted by Crippen LogP contribution is -2.43. The zero-order chi connectivity index (χ0) is 10.7. The molecule has 1 fully saturated rings. The Morgan fingerprint density at radius 2 is 2.29 bits per heavy atom. The summed E-state index contributed by atoms with van der Waals surface area (Å²) in [6, 6.07) is 0.0220. The van der Waals surface area contributed by atoms with Gasteiger partial charge >= 0.3 is 0 Å². The Bertz CT molecular complexity index is 208. The first-order valence-electron chi connectivity index (χ1n) is 4.73. The molecule has 0 aromatic heterocycles. The van der Waals surface area contributed by atoms with Crippen molar-refractivity contribution in [3.8, 4) is 0 Å². The summed E-state index contributed by atoms with van der Waals surface area (Å²) in [7, 11) is 3.80. The molecular formula is C9H18N2O3. The van der Waals surface area contributed by atoms with Crippen molar-refractivity contribution in [2.45, 2.75) is 25.2 Å². The molecule has 0 aromatic carbocycles. The van der Waals surface area contributed by atoms with Gasteiger partial charge in [0.05, 0.1) is 18.8 Å². The van der Waals surface area contributed by atoms with E-state index in [-0.39, 0.29) is 18.1 Å². The fourth-order valence-electron chi connectivity index (χ4n) is 1.55. The first kappa shape index (κ1) is 11.4. The molecule has 82 valence electrons. The van der Waals surface area contributed by atoms with Crippen molar-refractivity contribution in [1.29, 1.82) is 0 Å². The lowest BCUT2D eigenvalue weighted by molar-refractivity contribution is -0.119. The maximum atomic E-state index is 10.7. The minimum atomic E-state index is -0.531. The Morgan fingerprint density at radius 1 is 1.64 bits per heavy atom. The molecule has 0 saturated carbocycles. The van der Waals surface area contributed by atoms with Crippen LogP contribution in [0, 0.1) is 0 Å². The first-order valence-corrected chi connectivity index (χ1v) is 4.73. The van der Waals surface area contributed by atoms with Gasteiger partial charge in [0.25, 0.3) is 0 Å². The average molecular weight is 202 g/mol. The fourth-order valence-corrected chi connectivity index (χ4v) is 1.55. The number of hydrogen-bond donors (Lipinski definition) is 2. The van der Waals surface area contributed by atoms with Crippen molar-refractivity contribution in [3.05, 3.63) is 0 Å². The third kappa shape index (κ3) is 2.67. The molecule has 1 rings (SSSR count). The van der Waals surface area contributed by atoms with Gasteiger partial charge in [0.1, 0.15) is 6.10 Å². The van der Waals surface area contributed by atoms with E-state index < -0.39 is 6.10 Å². The summed E-state index contributed by atoms with van der Waals surface area (Å²) in [6.07, 6.45) is -0.817. The van der Waals surface area contributed by atoms with Gasteiger partial charge in [-0.15, -0.1) is 0 Å². The molecule has 3 atom stereocenters. The van der Waals surface area contributed by atoms with E-state index in [0.29, 0.717) is 13.2 Å². The molecule has 14 heavy (non-hydrogen) atoms. The van der Waals surface area contributed by atoms with Gasteiger partial charge in [0.15, 0.2) is 0 Å². The number of nitrogens with zero attached hydrogens (tertiary/aromatic N) is 1. The predicted octanol–water partition coefficient (Wildman–Crippen LogP) is -1.19. The lowest BCUT2D eigenvalue weighted by Gasteiger charge is -2.22. The Morgan fingerprint density at radius 3 is 2.71 bits per heavy atom. The molecule has 0 aliphatic carbocycles. The highest BCUT2D eigenvalue weighted by Gasteiger charge is 2.36. The van der Waals surface area contributed by atoms with Crippen molar-refractivity contribution in [2.75, 3.05) is 27.2 Å². The van der Waals surface area contributed by atoms with Crippen molar-refractivity contribution in [2.24, 2.45) is 0 Å². The number of carbonyl (C=O) groups is 1. The molecular weight excluding hydrogens is 184 g/mol. The van der Waals surface area contributed by atoms with E-state index in [1.807, 2.05) is 19.0 Å². The van der Waals surface area contributed by atoms with E-state index in [9.17, 15) is 9.90 Å². The van der Waals surface area contributed by atoms with Crippen LogP contribution in [-0.4, -0.2) is 61.4 Å². The van der Waals surface area contributed by atoms with Crippen LogP contribution in [0.2, 0.25) is 0 Å². The number of rotatable bonds is 3. The highest BCUT2D eigenvalue weighted by Crippen LogP contribution is 2.16. The smallest absolute Gasteiger partial charge is 0.216 e. The summed E-state index contributed by atoms with van der Waals surface area (Å²) < 4.78 is 5.38. The van der Waals surface area contributed by atoms with Gasteiger partial charge in [-0.2, -0.15) is 0 Å². The first-order chi connectivity index (χ1) is 6.52. The quantitative estimate of drug-likeness (QED) is 0.604. The third-order valence-corrected chi connectivity index (χ3v) is 2.47. The van der Waals surface area contributed by atoms with Crippen LogP contribution >= 0.6 is 0 Å².